The summed E-state index contributed by atoms with van der Waals surface area (Å²) in [6.07, 6.45) is -0.134. The van der Waals surface area contributed by atoms with Gasteiger partial charge in [-0.2, -0.15) is 9.97 Å². The van der Waals surface area contributed by atoms with Crippen LogP contribution in [0.4, 0.5) is 4.39 Å². The molecule has 0 aliphatic carbocycles. The molecule has 1 aromatic heterocycles. The predicted molar refractivity (Wildman–Crippen MR) is 74.8 cm³/mol. The Morgan fingerprint density at radius 1 is 1.20 bits per heavy atom. The van der Waals surface area contributed by atoms with E-state index in [1.807, 2.05) is 13.8 Å². The van der Waals surface area contributed by atoms with E-state index in [9.17, 15) is 4.39 Å². The summed E-state index contributed by atoms with van der Waals surface area (Å²) in [5.41, 5.74) is 0. The van der Waals surface area contributed by atoms with Crippen LogP contribution in [0, 0.1) is 5.82 Å². The quantitative estimate of drug-likeness (QED) is 0.822. The van der Waals surface area contributed by atoms with Crippen molar-refractivity contribution in [2.24, 2.45) is 0 Å². The van der Waals surface area contributed by atoms with Gasteiger partial charge in [-0.25, -0.2) is 4.39 Å². The molecule has 1 aromatic carbocycles. The number of nitrogens with zero attached hydrogens (tertiary/aromatic N) is 3. The Hall–Kier alpha value is -1.47. The second kappa shape index (κ2) is 6.32. The zero-order valence-electron chi connectivity index (χ0n) is 10.6. The summed E-state index contributed by atoms with van der Waals surface area (Å²) in [5, 5.41) is -0.0943. The fraction of sp³-hybridized carbons (Fsp3) is 0.250. The van der Waals surface area contributed by atoms with Crippen molar-refractivity contribution in [1.29, 1.82) is 0 Å². The number of ether oxygens (including phenoxy) is 2. The summed E-state index contributed by atoms with van der Waals surface area (Å²) in [7, 11) is 0. The molecule has 0 fully saturated rings. The second-order valence-corrected chi connectivity index (χ2v) is 5.27. The fourth-order valence-corrected chi connectivity index (χ4v) is 1.76. The zero-order chi connectivity index (χ0) is 14.7. The van der Waals surface area contributed by atoms with Crippen molar-refractivity contribution in [1.82, 2.24) is 15.0 Å². The topological polar surface area (TPSA) is 57.1 Å². The summed E-state index contributed by atoms with van der Waals surface area (Å²) in [6, 6.07) is 4.23. The average Bonchev–Trinajstić information content (AvgIpc) is 2.31. The van der Waals surface area contributed by atoms with Crippen LogP contribution in [-0.4, -0.2) is 21.1 Å². The van der Waals surface area contributed by atoms with Crippen molar-refractivity contribution < 1.29 is 13.9 Å². The molecule has 0 spiro atoms. The van der Waals surface area contributed by atoms with Gasteiger partial charge in [0.25, 0.3) is 0 Å². The summed E-state index contributed by atoms with van der Waals surface area (Å²) in [6.45, 7) is 3.62. The van der Waals surface area contributed by atoms with E-state index in [2.05, 4.69) is 30.9 Å². The van der Waals surface area contributed by atoms with Crippen molar-refractivity contribution in [3.05, 3.63) is 33.8 Å². The minimum Gasteiger partial charge on any atom is -0.461 e. The maximum atomic E-state index is 13.7. The molecule has 0 radical (unpaired) electrons. The van der Waals surface area contributed by atoms with Gasteiger partial charge in [0.2, 0.25) is 5.28 Å². The van der Waals surface area contributed by atoms with Crippen molar-refractivity contribution in [3.63, 3.8) is 0 Å². The van der Waals surface area contributed by atoms with Gasteiger partial charge in [-0.05, 0) is 43.6 Å². The first kappa shape index (κ1) is 14.9. The number of aromatic nitrogens is 3. The van der Waals surface area contributed by atoms with Crippen LogP contribution in [0.2, 0.25) is 5.28 Å². The third-order valence-corrected chi connectivity index (χ3v) is 2.67. The Kier molecular flexibility index (Phi) is 4.72. The smallest absolute Gasteiger partial charge is 0.329 e. The predicted octanol–water partition coefficient (Wildman–Crippen LogP) is 4.01. The Morgan fingerprint density at radius 2 is 1.90 bits per heavy atom. The maximum Gasteiger partial charge on any atom is 0.329 e. The minimum absolute atomic E-state index is 0.0209. The van der Waals surface area contributed by atoms with Gasteiger partial charge in [0, 0.05) is 4.47 Å². The highest BCUT2D eigenvalue weighted by Crippen LogP contribution is 2.26. The van der Waals surface area contributed by atoms with Gasteiger partial charge in [0.1, 0.15) is 0 Å². The first-order valence-electron chi connectivity index (χ1n) is 5.65. The molecule has 0 amide bonds. The van der Waals surface area contributed by atoms with Crippen LogP contribution < -0.4 is 9.47 Å². The Bertz CT molecular complexity index is 628. The molecule has 2 rings (SSSR count). The molecule has 1 heterocycles. The van der Waals surface area contributed by atoms with Crippen LogP contribution in [0.15, 0.2) is 22.7 Å². The molecule has 0 N–H and O–H groups in total. The van der Waals surface area contributed by atoms with Crippen molar-refractivity contribution >= 4 is 27.5 Å². The summed E-state index contributed by atoms with van der Waals surface area (Å²) >= 11 is 8.90. The number of rotatable bonds is 4. The van der Waals surface area contributed by atoms with E-state index in [1.54, 1.807) is 6.07 Å². The first-order valence-corrected chi connectivity index (χ1v) is 6.82. The highest BCUT2D eigenvalue weighted by Gasteiger charge is 2.12. The van der Waals surface area contributed by atoms with Gasteiger partial charge in [0.05, 0.1) is 6.10 Å². The number of hydrogen-bond acceptors (Lipinski definition) is 5. The SMILES string of the molecule is CC(C)Oc1nc(Cl)nc(Oc2ccc(Br)cc2F)n1. The maximum absolute atomic E-state index is 13.7. The van der Waals surface area contributed by atoms with Gasteiger partial charge in [-0.15, -0.1) is 4.98 Å². The lowest BCUT2D eigenvalue weighted by Crippen LogP contribution is -2.09. The number of hydrogen-bond donors (Lipinski definition) is 0. The first-order chi connectivity index (χ1) is 9.44. The van der Waals surface area contributed by atoms with E-state index in [4.69, 9.17) is 21.1 Å². The normalized spacial score (nSPS) is 10.7. The minimum atomic E-state index is -0.553. The highest BCUT2D eigenvalue weighted by molar-refractivity contribution is 9.10. The van der Waals surface area contributed by atoms with Crippen LogP contribution in [0.5, 0.6) is 17.8 Å². The molecule has 0 saturated heterocycles. The van der Waals surface area contributed by atoms with E-state index in [0.717, 1.165) is 0 Å². The summed E-state index contributed by atoms with van der Waals surface area (Å²) < 4.78 is 24.8. The molecular formula is C12H10BrClFN3O2. The molecule has 0 unspecified atom stereocenters. The van der Waals surface area contributed by atoms with E-state index < -0.39 is 5.82 Å². The number of benzene rings is 1. The second-order valence-electron chi connectivity index (χ2n) is 4.01. The monoisotopic (exact) mass is 361 g/mol. The molecule has 0 bridgehead atoms. The van der Waals surface area contributed by atoms with Gasteiger partial charge in [-0.3, -0.25) is 0 Å². The largest absolute Gasteiger partial charge is 0.461 e. The van der Waals surface area contributed by atoms with Gasteiger partial charge < -0.3 is 9.47 Å². The molecule has 0 aliphatic rings. The molecule has 106 valence electrons. The van der Waals surface area contributed by atoms with E-state index in [1.165, 1.54) is 12.1 Å². The molecule has 0 saturated carbocycles. The Balaban J connectivity index is 2.26. The molecule has 0 aliphatic heterocycles. The lowest BCUT2D eigenvalue weighted by atomic mass is 10.3. The lowest BCUT2D eigenvalue weighted by molar-refractivity contribution is 0.218. The zero-order valence-corrected chi connectivity index (χ0v) is 12.9. The van der Waals surface area contributed by atoms with E-state index in [0.29, 0.717) is 4.47 Å². The molecular weight excluding hydrogens is 353 g/mol. The van der Waals surface area contributed by atoms with E-state index >= 15 is 0 Å². The van der Waals surface area contributed by atoms with Crippen molar-refractivity contribution in [2.45, 2.75) is 20.0 Å². The van der Waals surface area contributed by atoms with Gasteiger partial charge >= 0.3 is 12.0 Å². The van der Waals surface area contributed by atoms with Crippen LogP contribution in [0.3, 0.4) is 0 Å². The molecule has 5 nitrogen and oxygen atoms in total. The lowest BCUT2D eigenvalue weighted by Gasteiger charge is -2.09. The van der Waals surface area contributed by atoms with Gasteiger partial charge in [-0.1, -0.05) is 15.9 Å². The molecule has 8 heteroatoms. The average molecular weight is 363 g/mol. The van der Waals surface area contributed by atoms with Crippen LogP contribution in [0.25, 0.3) is 0 Å². The van der Waals surface area contributed by atoms with Gasteiger partial charge in [0.15, 0.2) is 11.6 Å². The third-order valence-electron chi connectivity index (χ3n) is 2.00. The van der Waals surface area contributed by atoms with Crippen molar-refractivity contribution in [2.75, 3.05) is 0 Å². The standard InChI is InChI=1S/C12H10BrClFN3O2/c1-6(2)19-11-16-10(14)17-12(18-11)20-9-4-3-7(13)5-8(9)15/h3-6H,1-2H3. The fourth-order valence-electron chi connectivity index (χ4n) is 1.28. The van der Waals surface area contributed by atoms with E-state index in [-0.39, 0.29) is 29.2 Å². The molecule has 0 atom stereocenters. The highest BCUT2D eigenvalue weighted by atomic mass is 79.9. The number of halogens is 3. The van der Waals surface area contributed by atoms with Crippen LogP contribution in [-0.2, 0) is 0 Å². The third kappa shape index (κ3) is 4.01. The summed E-state index contributed by atoms with van der Waals surface area (Å²) in [5.74, 6) is -0.576. The van der Waals surface area contributed by atoms with Crippen LogP contribution in [0.1, 0.15) is 13.8 Å². The molecule has 20 heavy (non-hydrogen) atoms. The summed E-state index contributed by atoms with van der Waals surface area (Å²) in [4.78, 5) is 11.5. The van der Waals surface area contributed by atoms with Crippen LogP contribution >= 0.6 is 27.5 Å². The Morgan fingerprint density at radius 3 is 2.55 bits per heavy atom. The molecule has 2 aromatic rings. The van der Waals surface area contributed by atoms with Crippen molar-refractivity contribution in [3.8, 4) is 17.8 Å². The Labute approximate surface area is 128 Å².